The van der Waals surface area contributed by atoms with Crippen LogP contribution in [0.25, 0.3) is 0 Å². The van der Waals surface area contributed by atoms with Crippen molar-refractivity contribution in [3.05, 3.63) is 53.6 Å². The number of aliphatic hydroxyl groups excluding tert-OH is 1. The normalized spacial score (nSPS) is 35.4. The quantitative estimate of drug-likeness (QED) is 0.411. The summed E-state index contributed by atoms with van der Waals surface area (Å²) in [6.45, 7) is 5.37. The molecule has 0 bridgehead atoms. The van der Waals surface area contributed by atoms with Crippen molar-refractivity contribution in [2.24, 2.45) is 34.5 Å². The van der Waals surface area contributed by atoms with Gasteiger partial charge in [-0.3, -0.25) is 9.59 Å². The van der Waals surface area contributed by atoms with Crippen molar-refractivity contribution < 1.29 is 29.0 Å². The van der Waals surface area contributed by atoms with Gasteiger partial charge in [-0.1, -0.05) is 25.5 Å². The fourth-order valence-corrected chi connectivity index (χ4v) is 8.16. The average Bonchev–Trinajstić information content (AvgIpc) is 3.25. The van der Waals surface area contributed by atoms with Gasteiger partial charge in [0.2, 0.25) is 5.91 Å². The van der Waals surface area contributed by atoms with Crippen LogP contribution in [0.5, 0.6) is 5.75 Å². The molecular weight excluding hydrogens is 482 g/mol. The Hall–Kier alpha value is -2.93. The summed E-state index contributed by atoms with van der Waals surface area (Å²) in [5, 5.41) is 14.6. The zero-order valence-corrected chi connectivity index (χ0v) is 22.6. The Morgan fingerprint density at radius 1 is 1.13 bits per heavy atom. The van der Waals surface area contributed by atoms with Crippen LogP contribution >= 0.6 is 0 Å². The van der Waals surface area contributed by atoms with Gasteiger partial charge in [-0.25, -0.2) is 4.79 Å². The lowest BCUT2D eigenvalue weighted by molar-refractivity contribution is -0.140. The van der Waals surface area contributed by atoms with Gasteiger partial charge < -0.3 is 19.9 Å². The molecule has 4 aliphatic rings. The summed E-state index contributed by atoms with van der Waals surface area (Å²) in [6.07, 6.45) is 9.97. The third-order valence-corrected chi connectivity index (χ3v) is 9.97. The van der Waals surface area contributed by atoms with E-state index in [1.807, 2.05) is 6.08 Å². The summed E-state index contributed by atoms with van der Waals surface area (Å²) in [7, 11) is 1.35. The summed E-state index contributed by atoms with van der Waals surface area (Å²) < 4.78 is 10.5. The van der Waals surface area contributed by atoms with Gasteiger partial charge in [-0.05, 0) is 92.2 Å². The first kappa shape index (κ1) is 26.7. The summed E-state index contributed by atoms with van der Waals surface area (Å²) in [5.41, 5.74) is 1.12. The number of rotatable bonds is 7. The van der Waals surface area contributed by atoms with Crippen LogP contribution in [0.15, 0.2) is 48.1 Å². The molecule has 1 aromatic carbocycles. The first-order valence-corrected chi connectivity index (χ1v) is 13.9. The Bertz CT molecular complexity index is 1160. The maximum absolute atomic E-state index is 13.3. The molecule has 1 aromatic rings. The zero-order valence-electron chi connectivity index (χ0n) is 22.6. The van der Waals surface area contributed by atoms with Crippen molar-refractivity contribution in [2.75, 3.05) is 20.3 Å². The van der Waals surface area contributed by atoms with E-state index in [-0.39, 0.29) is 40.3 Å². The number of ketones is 1. The molecule has 7 heteroatoms. The SMILES string of the molecule is COC(=O)c1ccc(OCCCNC(=O)[C@H]2CCC3[C@@H]4CCC5=CC(=O)C=C[C@]5(C)C4[C@@H](O)C[C@@]32C)cc1. The topological polar surface area (TPSA) is 102 Å². The van der Waals surface area contributed by atoms with Crippen LogP contribution < -0.4 is 10.1 Å². The van der Waals surface area contributed by atoms with E-state index in [2.05, 4.69) is 19.2 Å². The average molecular weight is 522 g/mol. The van der Waals surface area contributed by atoms with Crippen molar-refractivity contribution in [2.45, 2.75) is 58.5 Å². The number of benzene rings is 1. The number of amides is 1. The maximum Gasteiger partial charge on any atom is 0.337 e. The van der Waals surface area contributed by atoms with Crippen molar-refractivity contribution in [1.29, 1.82) is 0 Å². The molecule has 5 rings (SSSR count). The van der Waals surface area contributed by atoms with Crippen LogP contribution in [0.4, 0.5) is 0 Å². The van der Waals surface area contributed by atoms with Gasteiger partial charge >= 0.3 is 5.97 Å². The predicted molar refractivity (Wildman–Crippen MR) is 142 cm³/mol. The largest absolute Gasteiger partial charge is 0.494 e. The standard InChI is InChI=1S/C31H39NO6/c1-30-14-13-21(33)17-20(30)7-10-23-24-11-12-25(31(24,2)18-26(34)27(23)30)28(35)32-15-4-16-38-22-8-5-19(6-9-22)29(36)37-3/h5-6,8-9,13-14,17,23-27,34H,4,7,10-12,15-16,18H2,1-3H3,(H,32,35)/t23-,24?,25+,26-,27?,30-,31-/m0/s1. The summed E-state index contributed by atoms with van der Waals surface area (Å²) in [6, 6.07) is 6.79. The summed E-state index contributed by atoms with van der Waals surface area (Å²) >= 11 is 0. The molecule has 7 nitrogen and oxygen atoms in total. The number of methoxy groups -OCH3 is 1. The molecule has 38 heavy (non-hydrogen) atoms. The second-order valence-electron chi connectivity index (χ2n) is 11.9. The summed E-state index contributed by atoms with van der Waals surface area (Å²) in [5.74, 6) is 1.13. The van der Waals surface area contributed by atoms with Gasteiger partial charge in [0, 0.05) is 23.8 Å². The minimum Gasteiger partial charge on any atom is -0.494 e. The van der Waals surface area contributed by atoms with E-state index in [4.69, 9.17) is 9.47 Å². The van der Waals surface area contributed by atoms with E-state index in [1.165, 1.54) is 7.11 Å². The lowest BCUT2D eigenvalue weighted by atomic mass is 9.47. The van der Waals surface area contributed by atoms with Gasteiger partial charge in [-0.15, -0.1) is 0 Å². The third-order valence-electron chi connectivity index (χ3n) is 9.97. The smallest absolute Gasteiger partial charge is 0.337 e. The van der Waals surface area contributed by atoms with Crippen LogP contribution in [0.3, 0.4) is 0 Å². The Morgan fingerprint density at radius 3 is 2.63 bits per heavy atom. The number of fused-ring (bicyclic) bond motifs is 5. The Balaban J connectivity index is 1.16. The van der Waals surface area contributed by atoms with Gasteiger partial charge in [0.1, 0.15) is 5.75 Å². The van der Waals surface area contributed by atoms with Crippen LogP contribution in [0.1, 0.15) is 62.7 Å². The zero-order chi connectivity index (χ0) is 27.1. The molecule has 3 saturated carbocycles. The van der Waals surface area contributed by atoms with Crippen molar-refractivity contribution in [3.8, 4) is 5.75 Å². The molecule has 0 spiro atoms. The van der Waals surface area contributed by atoms with Gasteiger partial charge in [0.15, 0.2) is 5.78 Å². The predicted octanol–water partition coefficient (Wildman–Crippen LogP) is 4.25. The molecular formula is C31H39NO6. The molecule has 7 atom stereocenters. The van der Waals surface area contributed by atoms with E-state index < -0.39 is 6.10 Å². The molecule has 2 N–H and O–H groups in total. The number of ether oxygens (including phenoxy) is 2. The van der Waals surface area contributed by atoms with E-state index in [1.54, 1.807) is 36.4 Å². The first-order chi connectivity index (χ1) is 18.2. The monoisotopic (exact) mass is 521 g/mol. The number of hydrogen-bond donors (Lipinski definition) is 2. The van der Waals surface area contributed by atoms with Crippen molar-refractivity contribution in [1.82, 2.24) is 5.32 Å². The van der Waals surface area contributed by atoms with Crippen LogP contribution in [0.2, 0.25) is 0 Å². The third kappa shape index (κ3) is 4.59. The number of allylic oxidation sites excluding steroid dienone is 4. The maximum atomic E-state index is 13.3. The molecule has 1 amide bonds. The van der Waals surface area contributed by atoms with Crippen LogP contribution in [0, 0.1) is 34.5 Å². The number of aliphatic hydroxyl groups is 1. The fraction of sp³-hybridized carbons (Fsp3) is 0.581. The minimum absolute atomic E-state index is 0.0468. The van der Waals surface area contributed by atoms with E-state index in [9.17, 15) is 19.5 Å². The highest BCUT2D eigenvalue weighted by Crippen LogP contribution is 2.65. The number of hydrogen-bond acceptors (Lipinski definition) is 6. The molecule has 4 aliphatic carbocycles. The fourth-order valence-electron chi connectivity index (χ4n) is 8.16. The molecule has 0 aromatic heterocycles. The van der Waals surface area contributed by atoms with Crippen molar-refractivity contribution >= 4 is 17.7 Å². The highest BCUT2D eigenvalue weighted by Gasteiger charge is 2.62. The minimum atomic E-state index is -0.500. The molecule has 0 aliphatic heterocycles. The Labute approximate surface area is 224 Å². The molecule has 0 radical (unpaired) electrons. The first-order valence-electron chi connectivity index (χ1n) is 13.9. The molecule has 0 heterocycles. The van der Waals surface area contributed by atoms with Gasteiger partial charge in [0.05, 0.1) is 25.4 Å². The second-order valence-corrected chi connectivity index (χ2v) is 11.9. The van der Waals surface area contributed by atoms with Crippen molar-refractivity contribution in [3.63, 3.8) is 0 Å². The summed E-state index contributed by atoms with van der Waals surface area (Å²) in [4.78, 5) is 36.9. The van der Waals surface area contributed by atoms with Crippen LogP contribution in [-0.4, -0.2) is 49.1 Å². The highest BCUT2D eigenvalue weighted by atomic mass is 16.5. The highest BCUT2D eigenvalue weighted by molar-refractivity contribution is 6.01. The molecule has 2 unspecified atom stereocenters. The number of carbonyl (C=O) groups excluding carboxylic acids is 3. The number of carbonyl (C=O) groups is 3. The van der Waals surface area contributed by atoms with Crippen LogP contribution in [-0.2, 0) is 14.3 Å². The number of nitrogens with one attached hydrogen (secondary N) is 1. The van der Waals surface area contributed by atoms with E-state index >= 15 is 0 Å². The Kier molecular flexibility index (Phi) is 7.25. The number of esters is 1. The Morgan fingerprint density at radius 2 is 1.89 bits per heavy atom. The molecule has 204 valence electrons. The van der Waals surface area contributed by atoms with Gasteiger partial charge in [0.25, 0.3) is 0 Å². The lowest BCUT2D eigenvalue weighted by Crippen LogP contribution is -2.57. The lowest BCUT2D eigenvalue weighted by Gasteiger charge is -2.58. The van der Waals surface area contributed by atoms with E-state index in [0.717, 1.165) is 31.3 Å². The second kappa shape index (κ2) is 10.3. The molecule has 3 fully saturated rings. The van der Waals surface area contributed by atoms with E-state index in [0.29, 0.717) is 49.1 Å². The molecule has 0 saturated heterocycles. The van der Waals surface area contributed by atoms with Gasteiger partial charge in [-0.2, -0.15) is 0 Å².